The lowest BCUT2D eigenvalue weighted by molar-refractivity contribution is -0.122. The van der Waals surface area contributed by atoms with Crippen LogP contribution < -0.4 is 11.1 Å². The van der Waals surface area contributed by atoms with Crippen molar-refractivity contribution in [1.82, 2.24) is 15.1 Å². The molecule has 0 spiro atoms. The van der Waals surface area contributed by atoms with Gasteiger partial charge in [-0.25, -0.2) is 0 Å². The molecule has 0 aliphatic carbocycles. The topological polar surface area (TPSA) is 90.0 Å². The number of primary amides is 1. The van der Waals surface area contributed by atoms with Gasteiger partial charge in [0.2, 0.25) is 5.91 Å². The molecule has 2 aromatic carbocycles. The number of rotatable bonds is 6. The highest BCUT2D eigenvalue weighted by molar-refractivity contribution is 9.10. The Balaban J connectivity index is 1.74. The third-order valence-electron chi connectivity index (χ3n) is 4.13. The van der Waals surface area contributed by atoms with Crippen LogP contribution in [0.5, 0.6) is 0 Å². The third-order valence-corrected chi connectivity index (χ3v) is 4.66. The van der Waals surface area contributed by atoms with E-state index in [1.807, 2.05) is 61.5 Å². The number of halogens is 1. The van der Waals surface area contributed by atoms with Crippen molar-refractivity contribution in [3.8, 4) is 11.3 Å². The number of nitrogens with one attached hydrogen (secondary N) is 1. The number of hydrogen-bond donors (Lipinski definition) is 2. The summed E-state index contributed by atoms with van der Waals surface area (Å²) in [6, 6.07) is 16.9. The van der Waals surface area contributed by atoms with E-state index in [-0.39, 0.29) is 24.1 Å². The summed E-state index contributed by atoms with van der Waals surface area (Å²) < 4.78 is 2.42. The SMILES string of the molecule is CC(NC(=O)Cn1cc(C(N)=O)c(-c2ccccc2)n1)c1ccc(Br)cc1. The maximum absolute atomic E-state index is 12.4. The van der Waals surface area contributed by atoms with Gasteiger partial charge in [0, 0.05) is 16.2 Å². The fourth-order valence-corrected chi connectivity index (χ4v) is 3.03. The van der Waals surface area contributed by atoms with Gasteiger partial charge < -0.3 is 11.1 Å². The van der Waals surface area contributed by atoms with Crippen LogP contribution in [0.3, 0.4) is 0 Å². The van der Waals surface area contributed by atoms with Gasteiger partial charge in [0.25, 0.3) is 5.91 Å². The molecule has 0 saturated carbocycles. The van der Waals surface area contributed by atoms with Crippen molar-refractivity contribution >= 4 is 27.7 Å². The summed E-state index contributed by atoms with van der Waals surface area (Å²) in [5.74, 6) is -0.785. The van der Waals surface area contributed by atoms with Crippen LogP contribution in [0.25, 0.3) is 11.3 Å². The molecule has 2 amide bonds. The first kappa shape index (κ1) is 18.8. The molecule has 0 bridgehead atoms. The van der Waals surface area contributed by atoms with Crippen LogP contribution in [0.15, 0.2) is 65.3 Å². The number of aromatic nitrogens is 2. The van der Waals surface area contributed by atoms with Gasteiger partial charge in [0.15, 0.2) is 0 Å². The Morgan fingerprint density at radius 3 is 2.44 bits per heavy atom. The molecule has 3 rings (SSSR count). The molecule has 1 aromatic heterocycles. The van der Waals surface area contributed by atoms with Gasteiger partial charge in [0.05, 0.1) is 11.6 Å². The second kappa shape index (κ2) is 8.18. The molecule has 3 N–H and O–H groups in total. The molecular formula is C20H19BrN4O2. The molecule has 138 valence electrons. The molecule has 0 radical (unpaired) electrons. The Hall–Kier alpha value is -2.93. The normalized spacial score (nSPS) is 11.8. The summed E-state index contributed by atoms with van der Waals surface area (Å²) in [7, 11) is 0. The van der Waals surface area contributed by atoms with E-state index < -0.39 is 5.91 Å². The highest BCUT2D eigenvalue weighted by atomic mass is 79.9. The van der Waals surface area contributed by atoms with Crippen molar-refractivity contribution in [2.75, 3.05) is 0 Å². The highest BCUT2D eigenvalue weighted by Crippen LogP contribution is 2.21. The van der Waals surface area contributed by atoms with Crippen LogP contribution in [0.1, 0.15) is 28.9 Å². The van der Waals surface area contributed by atoms with Crippen molar-refractivity contribution in [3.63, 3.8) is 0 Å². The van der Waals surface area contributed by atoms with Gasteiger partial charge >= 0.3 is 0 Å². The fourth-order valence-electron chi connectivity index (χ4n) is 2.76. The predicted octanol–water partition coefficient (Wildman–Crippen LogP) is 3.29. The van der Waals surface area contributed by atoms with E-state index in [9.17, 15) is 9.59 Å². The summed E-state index contributed by atoms with van der Waals surface area (Å²) in [6.07, 6.45) is 1.51. The summed E-state index contributed by atoms with van der Waals surface area (Å²) in [5.41, 5.74) is 7.99. The quantitative estimate of drug-likeness (QED) is 0.633. The minimum Gasteiger partial charge on any atom is -0.365 e. The van der Waals surface area contributed by atoms with E-state index >= 15 is 0 Å². The monoisotopic (exact) mass is 426 g/mol. The Kier molecular flexibility index (Phi) is 5.71. The van der Waals surface area contributed by atoms with E-state index in [1.54, 1.807) is 0 Å². The number of amides is 2. The molecular weight excluding hydrogens is 408 g/mol. The number of hydrogen-bond acceptors (Lipinski definition) is 3. The molecule has 1 heterocycles. The van der Waals surface area contributed by atoms with Gasteiger partial charge in [-0.15, -0.1) is 0 Å². The second-order valence-corrected chi connectivity index (χ2v) is 7.08. The van der Waals surface area contributed by atoms with E-state index in [0.29, 0.717) is 5.69 Å². The van der Waals surface area contributed by atoms with E-state index in [2.05, 4.69) is 26.3 Å². The average Bonchev–Trinajstić information content (AvgIpc) is 3.07. The predicted molar refractivity (Wildman–Crippen MR) is 107 cm³/mol. The van der Waals surface area contributed by atoms with Gasteiger partial charge in [-0.1, -0.05) is 58.4 Å². The van der Waals surface area contributed by atoms with E-state index in [1.165, 1.54) is 10.9 Å². The molecule has 1 unspecified atom stereocenters. The number of nitrogens with zero attached hydrogens (tertiary/aromatic N) is 2. The molecule has 0 fully saturated rings. The average molecular weight is 427 g/mol. The summed E-state index contributed by atoms with van der Waals surface area (Å²) in [6.45, 7) is 1.91. The molecule has 6 nitrogen and oxygen atoms in total. The summed E-state index contributed by atoms with van der Waals surface area (Å²) in [4.78, 5) is 24.1. The van der Waals surface area contributed by atoms with E-state index in [4.69, 9.17) is 5.73 Å². The van der Waals surface area contributed by atoms with Crippen LogP contribution in [-0.2, 0) is 11.3 Å². The molecule has 27 heavy (non-hydrogen) atoms. The lowest BCUT2D eigenvalue weighted by Gasteiger charge is -2.14. The van der Waals surface area contributed by atoms with Crippen LogP contribution in [0.4, 0.5) is 0 Å². The first-order valence-corrected chi connectivity index (χ1v) is 9.21. The molecule has 0 saturated heterocycles. The minimum atomic E-state index is -0.580. The number of carbonyl (C=O) groups excluding carboxylic acids is 2. The van der Waals surface area contributed by atoms with Gasteiger partial charge in [-0.3, -0.25) is 14.3 Å². The third kappa shape index (κ3) is 4.62. The maximum atomic E-state index is 12.4. The lowest BCUT2D eigenvalue weighted by atomic mass is 10.1. The molecule has 1 atom stereocenters. The second-order valence-electron chi connectivity index (χ2n) is 6.16. The fraction of sp³-hybridized carbons (Fsp3) is 0.150. The van der Waals surface area contributed by atoms with Crippen molar-refractivity contribution in [3.05, 3.63) is 76.4 Å². The first-order valence-electron chi connectivity index (χ1n) is 8.41. The first-order chi connectivity index (χ1) is 12.9. The van der Waals surface area contributed by atoms with Gasteiger partial charge in [0.1, 0.15) is 12.2 Å². The largest absolute Gasteiger partial charge is 0.365 e. The summed E-state index contributed by atoms with van der Waals surface area (Å²) in [5, 5.41) is 7.31. The van der Waals surface area contributed by atoms with Crippen molar-refractivity contribution in [1.29, 1.82) is 0 Å². The number of nitrogens with two attached hydrogens (primary N) is 1. The zero-order chi connectivity index (χ0) is 19.4. The van der Waals surface area contributed by atoms with Gasteiger partial charge in [-0.2, -0.15) is 5.10 Å². The maximum Gasteiger partial charge on any atom is 0.252 e. The smallest absolute Gasteiger partial charge is 0.252 e. The zero-order valence-electron chi connectivity index (χ0n) is 14.7. The molecule has 3 aromatic rings. The Labute approximate surface area is 165 Å². The van der Waals surface area contributed by atoms with Crippen molar-refractivity contribution in [2.45, 2.75) is 19.5 Å². The minimum absolute atomic E-state index is 0.00597. The Morgan fingerprint density at radius 2 is 1.81 bits per heavy atom. The number of benzene rings is 2. The van der Waals surface area contributed by atoms with Crippen LogP contribution in [0, 0.1) is 0 Å². The molecule has 0 aliphatic rings. The van der Waals surface area contributed by atoms with Gasteiger partial charge in [-0.05, 0) is 24.6 Å². The van der Waals surface area contributed by atoms with Crippen molar-refractivity contribution in [2.24, 2.45) is 5.73 Å². The number of carbonyl (C=O) groups is 2. The van der Waals surface area contributed by atoms with Crippen LogP contribution >= 0.6 is 15.9 Å². The summed E-state index contributed by atoms with van der Waals surface area (Å²) >= 11 is 3.39. The zero-order valence-corrected chi connectivity index (χ0v) is 16.3. The van der Waals surface area contributed by atoms with Crippen LogP contribution in [0.2, 0.25) is 0 Å². The lowest BCUT2D eigenvalue weighted by Crippen LogP contribution is -2.30. The highest BCUT2D eigenvalue weighted by Gasteiger charge is 2.17. The molecule has 7 heteroatoms. The van der Waals surface area contributed by atoms with E-state index in [0.717, 1.165) is 15.6 Å². The standard InChI is InChI=1S/C20H19BrN4O2/c1-13(14-7-9-16(21)10-8-14)23-18(26)12-25-11-17(20(22)27)19(24-25)15-5-3-2-4-6-15/h2-11,13H,12H2,1H3,(H2,22,27)(H,23,26). The van der Waals surface area contributed by atoms with Crippen molar-refractivity contribution < 1.29 is 9.59 Å². The Morgan fingerprint density at radius 1 is 1.15 bits per heavy atom. The Bertz CT molecular complexity index is 952. The van der Waals surface area contributed by atoms with Crippen LogP contribution in [-0.4, -0.2) is 21.6 Å². The molecule has 0 aliphatic heterocycles.